The molecule has 0 unspecified atom stereocenters. The number of hydrogen-bond acceptors (Lipinski definition) is 4. The topological polar surface area (TPSA) is 43.2 Å². The average Bonchev–Trinajstić information content (AvgIpc) is 3.67. The first-order valence-corrected chi connectivity index (χ1v) is 15.2. The Morgan fingerprint density at radius 3 is 2.05 bits per heavy atom. The molecule has 3 aromatic rings. The largest absolute Gasteiger partial charge is 0.416 e. The Labute approximate surface area is 251 Å². The van der Waals surface area contributed by atoms with Crippen molar-refractivity contribution in [2.75, 3.05) is 13.1 Å². The molecule has 1 aliphatic carbocycles. The van der Waals surface area contributed by atoms with Gasteiger partial charge in [0.25, 0.3) is 0 Å². The highest BCUT2D eigenvalue weighted by atomic mass is 19.4. The third-order valence-electron chi connectivity index (χ3n) is 9.54. The first kappa shape index (κ1) is 31.0. The van der Waals surface area contributed by atoms with Crippen LogP contribution >= 0.6 is 0 Å². The molecule has 3 heterocycles. The molecular formula is C32H35F7N4O. The van der Waals surface area contributed by atoms with Crippen LogP contribution < -0.4 is 0 Å². The Morgan fingerprint density at radius 2 is 1.45 bits per heavy atom. The van der Waals surface area contributed by atoms with Gasteiger partial charge in [0.15, 0.2) is 0 Å². The fraction of sp³-hybridized carbons (Fsp3) is 0.562. The number of likely N-dealkylation sites (tertiary alicyclic amines) is 1. The van der Waals surface area contributed by atoms with Gasteiger partial charge in [-0.25, -0.2) is 4.39 Å². The third kappa shape index (κ3) is 6.51. The van der Waals surface area contributed by atoms with Crippen LogP contribution in [0, 0.1) is 5.82 Å². The van der Waals surface area contributed by atoms with E-state index in [0.717, 1.165) is 50.2 Å². The minimum Gasteiger partial charge on any atom is -0.369 e. The highest BCUT2D eigenvalue weighted by Gasteiger charge is 2.40. The molecular weight excluding hydrogens is 589 g/mol. The van der Waals surface area contributed by atoms with E-state index in [9.17, 15) is 30.7 Å². The summed E-state index contributed by atoms with van der Waals surface area (Å²) in [4.78, 5) is 2.59. The van der Waals surface area contributed by atoms with E-state index in [1.165, 1.54) is 31.9 Å². The second-order valence-electron chi connectivity index (χ2n) is 12.4. The number of ether oxygens (including phenoxy) is 1. The number of hydrogen-bond donors (Lipinski definition) is 0. The summed E-state index contributed by atoms with van der Waals surface area (Å²) in [6, 6.07) is 8.06. The lowest BCUT2D eigenvalue weighted by Gasteiger charge is -2.37. The van der Waals surface area contributed by atoms with E-state index >= 15 is 0 Å². The summed E-state index contributed by atoms with van der Waals surface area (Å²) in [7, 11) is 0. The molecule has 1 aromatic heterocycles. The van der Waals surface area contributed by atoms with Crippen LogP contribution in [0.3, 0.4) is 0 Å². The quantitative estimate of drug-likeness (QED) is 0.260. The Balaban J connectivity index is 1.26. The summed E-state index contributed by atoms with van der Waals surface area (Å²) in [6.07, 6.45) is -4.73. The molecule has 0 N–H and O–H groups in total. The fourth-order valence-corrected chi connectivity index (χ4v) is 7.17. The Bertz CT molecular complexity index is 1410. The van der Waals surface area contributed by atoms with E-state index < -0.39 is 41.5 Å². The minimum atomic E-state index is -4.96. The van der Waals surface area contributed by atoms with Crippen molar-refractivity contribution in [1.82, 2.24) is 19.7 Å². The molecule has 2 aliphatic heterocycles. The lowest BCUT2D eigenvalue weighted by molar-refractivity contribution is -0.143. The molecule has 5 nitrogen and oxygen atoms in total. The van der Waals surface area contributed by atoms with Gasteiger partial charge in [0.2, 0.25) is 0 Å². The van der Waals surface area contributed by atoms with E-state index in [1.54, 1.807) is 12.1 Å². The monoisotopic (exact) mass is 624 g/mol. The van der Waals surface area contributed by atoms with Crippen LogP contribution in [-0.4, -0.2) is 44.9 Å². The number of fused-ring (bicyclic) bond motifs is 1. The molecule has 0 amide bonds. The second kappa shape index (κ2) is 12.1. The molecule has 0 radical (unpaired) electrons. The van der Waals surface area contributed by atoms with Crippen LogP contribution in [0.4, 0.5) is 30.7 Å². The number of benzene rings is 2. The molecule has 0 spiro atoms. The van der Waals surface area contributed by atoms with Crippen LogP contribution in [0.1, 0.15) is 97.3 Å². The maximum Gasteiger partial charge on any atom is 0.416 e. The van der Waals surface area contributed by atoms with Gasteiger partial charge in [0.05, 0.1) is 23.3 Å². The van der Waals surface area contributed by atoms with Gasteiger partial charge in [-0.15, -0.1) is 10.2 Å². The van der Waals surface area contributed by atoms with Gasteiger partial charge in [0.1, 0.15) is 17.5 Å². The molecule has 3 aliphatic rings. The van der Waals surface area contributed by atoms with Gasteiger partial charge in [-0.2, -0.15) is 26.3 Å². The summed E-state index contributed by atoms with van der Waals surface area (Å²) in [6.45, 7) is 4.17. The van der Waals surface area contributed by atoms with Crippen molar-refractivity contribution in [3.63, 3.8) is 0 Å². The lowest BCUT2D eigenvalue weighted by atomic mass is 9.84. The summed E-state index contributed by atoms with van der Waals surface area (Å²) in [5.74, 6) is 1.03. The minimum absolute atomic E-state index is 0.112. The van der Waals surface area contributed by atoms with Crippen molar-refractivity contribution < 1.29 is 35.5 Å². The molecule has 2 fully saturated rings. The molecule has 3 atom stereocenters. The van der Waals surface area contributed by atoms with E-state index in [4.69, 9.17) is 4.74 Å². The van der Waals surface area contributed by atoms with Crippen molar-refractivity contribution in [2.45, 2.75) is 101 Å². The summed E-state index contributed by atoms with van der Waals surface area (Å²) in [5, 5.41) is 9.03. The van der Waals surface area contributed by atoms with Crippen molar-refractivity contribution in [2.24, 2.45) is 0 Å². The van der Waals surface area contributed by atoms with Crippen LogP contribution in [0.2, 0.25) is 0 Å². The Kier molecular flexibility index (Phi) is 8.51. The van der Waals surface area contributed by atoms with Crippen molar-refractivity contribution in [3.8, 4) is 0 Å². The van der Waals surface area contributed by atoms with E-state index in [1.807, 2.05) is 0 Å². The Morgan fingerprint density at radius 1 is 0.841 bits per heavy atom. The van der Waals surface area contributed by atoms with Crippen LogP contribution in [-0.2, 0) is 30.1 Å². The van der Waals surface area contributed by atoms with Crippen LogP contribution in [0.25, 0.3) is 0 Å². The van der Waals surface area contributed by atoms with Gasteiger partial charge >= 0.3 is 12.4 Å². The zero-order valence-corrected chi connectivity index (χ0v) is 24.3. The molecule has 1 saturated carbocycles. The molecule has 0 bridgehead atoms. The molecule has 44 heavy (non-hydrogen) atoms. The summed E-state index contributed by atoms with van der Waals surface area (Å²) < 4.78 is 103. The van der Waals surface area contributed by atoms with Gasteiger partial charge < -0.3 is 14.2 Å². The zero-order chi connectivity index (χ0) is 31.2. The predicted octanol–water partition coefficient (Wildman–Crippen LogP) is 8.06. The van der Waals surface area contributed by atoms with E-state index in [2.05, 4.69) is 19.7 Å². The van der Waals surface area contributed by atoms with Gasteiger partial charge in [-0.3, -0.25) is 0 Å². The predicted molar refractivity (Wildman–Crippen MR) is 148 cm³/mol. The smallest absolute Gasteiger partial charge is 0.369 e. The molecule has 12 heteroatoms. The average molecular weight is 625 g/mol. The summed E-state index contributed by atoms with van der Waals surface area (Å²) >= 11 is 0. The number of nitrogens with zero attached hydrogens (tertiary/aromatic N) is 4. The van der Waals surface area contributed by atoms with E-state index in [0.29, 0.717) is 30.5 Å². The van der Waals surface area contributed by atoms with Crippen LogP contribution in [0.5, 0.6) is 0 Å². The van der Waals surface area contributed by atoms with Crippen LogP contribution in [0.15, 0.2) is 42.5 Å². The normalized spacial score (nSPS) is 25.6. The Hall–Kier alpha value is -2.99. The SMILES string of the molecule is C[C@@H](O[C@H]1Cc2nnc(C3CCC(N4CCCC4)CC3)n2C[C@@H]1c1ccc(F)cc1)c1cc(C(F)(F)F)cc(C(F)(F)F)c1. The standard InChI is InChI=1S/C32H35F7N4O/c1-19(22-14-23(31(34,35)36)16-24(15-22)32(37,38)39)44-28-17-29-40-41-30(21-6-10-26(11-7-21)42-12-2-3-13-42)43(29)18-27(28)20-4-8-25(33)9-5-20/h4-5,8-9,14-16,19,21,26-28H,2-3,6-7,10-13,17-18H2,1H3/t19-,21?,26?,27-,28+/m1/s1. The van der Waals surface area contributed by atoms with Gasteiger partial charge in [-0.05, 0) is 100.0 Å². The molecule has 238 valence electrons. The van der Waals surface area contributed by atoms with Crippen molar-refractivity contribution in [1.29, 1.82) is 0 Å². The zero-order valence-electron chi connectivity index (χ0n) is 24.3. The maximum absolute atomic E-state index is 13.8. The lowest BCUT2D eigenvalue weighted by Crippen LogP contribution is -2.37. The number of halogens is 7. The van der Waals surface area contributed by atoms with Gasteiger partial charge in [0, 0.05) is 30.8 Å². The molecule has 6 rings (SSSR count). The van der Waals surface area contributed by atoms with Gasteiger partial charge in [-0.1, -0.05) is 12.1 Å². The van der Waals surface area contributed by atoms with Crippen molar-refractivity contribution >= 4 is 0 Å². The summed E-state index contributed by atoms with van der Waals surface area (Å²) in [5.41, 5.74) is -2.25. The maximum atomic E-state index is 13.8. The number of alkyl halides is 6. The fourth-order valence-electron chi connectivity index (χ4n) is 7.17. The molecule has 2 aromatic carbocycles. The number of aromatic nitrogens is 3. The second-order valence-corrected chi connectivity index (χ2v) is 12.4. The highest BCUT2D eigenvalue weighted by Crippen LogP contribution is 2.41. The first-order valence-electron chi connectivity index (χ1n) is 15.2. The van der Waals surface area contributed by atoms with E-state index in [-0.39, 0.29) is 29.9 Å². The molecule has 1 saturated heterocycles. The third-order valence-corrected chi connectivity index (χ3v) is 9.54. The first-order chi connectivity index (χ1) is 20.9. The van der Waals surface area contributed by atoms with Crippen molar-refractivity contribution in [3.05, 3.63) is 82.2 Å². The highest BCUT2D eigenvalue weighted by molar-refractivity contribution is 5.35. The number of rotatable bonds is 6.